The Morgan fingerprint density at radius 3 is 2.89 bits per heavy atom. The van der Waals surface area contributed by atoms with Gasteiger partial charge in [0.1, 0.15) is 0 Å². The molecule has 92 valence electrons. The van der Waals surface area contributed by atoms with Gasteiger partial charge in [0, 0.05) is 13.2 Å². The van der Waals surface area contributed by atoms with E-state index < -0.39 is 0 Å². The fourth-order valence-corrected chi connectivity index (χ4v) is 2.46. The van der Waals surface area contributed by atoms with Crippen molar-refractivity contribution in [3.05, 3.63) is 46.5 Å². The molecule has 0 bridgehead atoms. The van der Waals surface area contributed by atoms with Crippen LogP contribution in [0.2, 0.25) is 0 Å². The number of aryl methyl sites for hydroxylation is 2. The first-order valence-corrected chi connectivity index (χ1v) is 6.22. The van der Waals surface area contributed by atoms with Gasteiger partial charge < -0.3 is 9.55 Å². The highest BCUT2D eigenvalue weighted by molar-refractivity contribution is 7.71. The lowest BCUT2D eigenvalue weighted by Crippen LogP contribution is -2.05. The first-order valence-electron chi connectivity index (χ1n) is 5.82. The molecule has 0 aliphatic carbocycles. The zero-order valence-electron chi connectivity index (χ0n) is 10.3. The Labute approximate surface area is 110 Å². The molecule has 2 aromatic heterocycles. The number of imidazole rings is 1. The van der Waals surface area contributed by atoms with E-state index in [-0.39, 0.29) is 0 Å². The maximum atomic E-state index is 5.41. The van der Waals surface area contributed by atoms with E-state index in [2.05, 4.69) is 39.8 Å². The van der Waals surface area contributed by atoms with Crippen LogP contribution in [0.5, 0.6) is 0 Å². The van der Waals surface area contributed by atoms with E-state index >= 15 is 0 Å². The Bertz CT molecular complexity index is 763. The lowest BCUT2D eigenvalue weighted by Gasteiger charge is -2.05. The van der Waals surface area contributed by atoms with Gasteiger partial charge in [0.05, 0.1) is 23.3 Å². The summed E-state index contributed by atoms with van der Waals surface area (Å²) in [6, 6.07) is 8.24. The second kappa shape index (κ2) is 4.10. The van der Waals surface area contributed by atoms with E-state index in [1.165, 1.54) is 5.56 Å². The summed E-state index contributed by atoms with van der Waals surface area (Å²) >= 11 is 5.41. The zero-order chi connectivity index (χ0) is 12.7. The molecule has 0 spiro atoms. The van der Waals surface area contributed by atoms with Crippen molar-refractivity contribution in [1.29, 1.82) is 0 Å². The van der Waals surface area contributed by atoms with Gasteiger partial charge in [0.15, 0.2) is 4.77 Å². The number of aromatic nitrogens is 4. The van der Waals surface area contributed by atoms with Gasteiger partial charge in [0.25, 0.3) is 0 Å². The van der Waals surface area contributed by atoms with Crippen LogP contribution < -0.4 is 0 Å². The summed E-state index contributed by atoms with van der Waals surface area (Å²) < 4.78 is 4.73. The summed E-state index contributed by atoms with van der Waals surface area (Å²) in [4.78, 5) is 3.28. The second-order valence-electron chi connectivity index (χ2n) is 4.43. The standard InChI is InChI=1S/C13H14N4S/c1-9-4-3-5-11-12(9)15-13(18)17(11)8-10-6-7-14-16(10)2/h3-7H,8H2,1-2H3,(H,15,18). The third-order valence-electron chi connectivity index (χ3n) is 3.26. The minimum absolute atomic E-state index is 0.735. The third kappa shape index (κ3) is 1.67. The van der Waals surface area contributed by atoms with Gasteiger partial charge in [-0.25, -0.2) is 0 Å². The van der Waals surface area contributed by atoms with E-state index in [4.69, 9.17) is 12.2 Å². The fourth-order valence-electron chi connectivity index (χ4n) is 2.20. The number of aromatic amines is 1. The minimum atomic E-state index is 0.735. The molecule has 0 atom stereocenters. The molecular weight excluding hydrogens is 244 g/mol. The third-order valence-corrected chi connectivity index (χ3v) is 3.58. The molecule has 0 saturated carbocycles. The molecule has 1 N–H and O–H groups in total. The van der Waals surface area contributed by atoms with Crippen LogP contribution in [-0.2, 0) is 13.6 Å². The number of para-hydroxylation sites is 1. The van der Waals surface area contributed by atoms with Crippen molar-refractivity contribution in [1.82, 2.24) is 19.3 Å². The summed E-state index contributed by atoms with van der Waals surface area (Å²) in [5.41, 5.74) is 4.60. The van der Waals surface area contributed by atoms with Crippen molar-refractivity contribution in [3.8, 4) is 0 Å². The van der Waals surface area contributed by atoms with Gasteiger partial charge in [-0.2, -0.15) is 5.10 Å². The molecule has 0 aliphatic rings. The monoisotopic (exact) mass is 258 g/mol. The topological polar surface area (TPSA) is 38.5 Å². The summed E-state index contributed by atoms with van der Waals surface area (Å²) in [6.45, 7) is 2.82. The van der Waals surface area contributed by atoms with Gasteiger partial charge in [0.2, 0.25) is 0 Å². The molecule has 1 aromatic carbocycles. The number of hydrogen-bond donors (Lipinski definition) is 1. The van der Waals surface area contributed by atoms with E-state index in [9.17, 15) is 0 Å². The molecule has 0 aliphatic heterocycles. The SMILES string of the molecule is Cc1cccc2c1[nH]c(=S)n2Cc1ccnn1C. The molecule has 3 rings (SSSR count). The van der Waals surface area contributed by atoms with Crippen LogP contribution in [-0.4, -0.2) is 19.3 Å². The van der Waals surface area contributed by atoms with Crippen molar-refractivity contribution in [2.24, 2.45) is 7.05 Å². The summed E-state index contributed by atoms with van der Waals surface area (Å²) in [5.74, 6) is 0. The number of nitrogens with one attached hydrogen (secondary N) is 1. The number of rotatable bonds is 2. The van der Waals surface area contributed by atoms with Gasteiger partial charge in [-0.3, -0.25) is 4.68 Å². The maximum Gasteiger partial charge on any atom is 0.178 e. The van der Waals surface area contributed by atoms with Gasteiger partial charge >= 0.3 is 0 Å². The largest absolute Gasteiger partial charge is 0.330 e. The zero-order valence-corrected chi connectivity index (χ0v) is 11.2. The van der Waals surface area contributed by atoms with Crippen LogP contribution in [0.4, 0.5) is 0 Å². The molecule has 18 heavy (non-hydrogen) atoms. The lowest BCUT2D eigenvalue weighted by molar-refractivity contribution is 0.671. The summed E-state index contributed by atoms with van der Waals surface area (Å²) in [7, 11) is 1.94. The molecule has 4 nitrogen and oxygen atoms in total. The molecule has 2 heterocycles. The Morgan fingerprint density at radius 1 is 1.33 bits per heavy atom. The van der Waals surface area contributed by atoms with Crippen LogP contribution in [0, 0.1) is 11.7 Å². The van der Waals surface area contributed by atoms with Crippen LogP contribution in [0.25, 0.3) is 11.0 Å². The summed E-state index contributed by atoms with van der Waals surface area (Å²) in [5, 5.41) is 4.18. The lowest BCUT2D eigenvalue weighted by atomic mass is 10.2. The van der Waals surface area contributed by atoms with Gasteiger partial charge in [-0.05, 0) is 36.8 Å². The average Bonchev–Trinajstić information content (AvgIpc) is 2.87. The molecular formula is C13H14N4S. The van der Waals surface area contributed by atoms with Crippen molar-refractivity contribution in [2.75, 3.05) is 0 Å². The predicted octanol–water partition coefficient (Wildman–Crippen LogP) is 2.79. The van der Waals surface area contributed by atoms with E-state index in [1.807, 2.05) is 17.8 Å². The van der Waals surface area contributed by atoms with Gasteiger partial charge in [-0.15, -0.1) is 0 Å². The van der Waals surface area contributed by atoms with E-state index in [0.29, 0.717) is 0 Å². The number of benzene rings is 1. The predicted molar refractivity (Wildman–Crippen MR) is 74.2 cm³/mol. The maximum absolute atomic E-state index is 5.41. The number of fused-ring (bicyclic) bond motifs is 1. The average molecular weight is 258 g/mol. The molecule has 5 heteroatoms. The molecule has 0 radical (unpaired) electrons. The van der Waals surface area contributed by atoms with Crippen LogP contribution in [0.15, 0.2) is 30.5 Å². The van der Waals surface area contributed by atoms with E-state index in [0.717, 1.165) is 28.0 Å². The second-order valence-corrected chi connectivity index (χ2v) is 4.82. The van der Waals surface area contributed by atoms with Crippen LogP contribution in [0.1, 0.15) is 11.3 Å². The number of nitrogens with zero attached hydrogens (tertiary/aromatic N) is 3. The summed E-state index contributed by atoms with van der Waals surface area (Å²) in [6.07, 6.45) is 1.80. The first kappa shape index (κ1) is 11.2. The van der Waals surface area contributed by atoms with Crippen LogP contribution in [0.3, 0.4) is 0 Å². The molecule has 0 unspecified atom stereocenters. The minimum Gasteiger partial charge on any atom is -0.330 e. The Morgan fingerprint density at radius 2 is 2.17 bits per heavy atom. The highest BCUT2D eigenvalue weighted by Crippen LogP contribution is 2.18. The number of hydrogen-bond acceptors (Lipinski definition) is 2. The first-order chi connectivity index (χ1) is 8.66. The van der Waals surface area contributed by atoms with Gasteiger partial charge in [-0.1, -0.05) is 12.1 Å². The normalized spacial score (nSPS) is 11.2. The van der Waals surface area contributed by atoms with Crippen molar-refractivity contribution < 1.29 is 0 Å². The molecule has 3 aromatic rings. The van der Waals surface area contributed by atoms with Crippen LogP contribution >= 0.6 is 12.2 Å². The fraction of sp³-hybridized carbons (Fsp3) is 0.231. The quantitative estimate of drug-likeness (QED) is 0.718. The Balaban J connectivity index is 2.18. The smallest absolute Gasteiger partial charge is 0.178 e. The van der Waals surface area contributed by atoms with Crippen molar-refractivity contribution in [3.63, 3.8) is 0 Å². The van der Waals surface area contributed by atoms with Crippen molar-refractivity contribution >= 4 is 23.3 Å². The Hall–Kier alpha value is -1.88. The number of H-pyrrole nitrogens is 1. The Kier molecular flexibility index (Phi) is 2.56. The van der Waals surface area contributed by atoms with E-state index in [1.54, 1.807) is 6.20 Å². The highest BCUT2D eigenvalue weighted by atomic mass is 32.1. The molecule has 0 fully saturated rings. The molecule has 0 saturated heterocycles. The highest BCUT2D eigenvalue weighted by Gasteiger charge is 2.08. The molecule has 0 amide bonds. The van der Waals surface area contributed by atoms with Crippen molar-refractivity contribution in [2.45, 2.75) is 13.5 Å².